The minimum atomic E-state index is 0.739. The highest BCUT2D eigenvalue weighted by molar-refractivity contribution is 5.79. The number of aliphatic imine (C=N–C) groups is 1. The average molecular weight is 254 g/mol. The molecule has 1 heterocycles. The lowest BCUT2D eigenvalue weighted by Gasteiger charge is -2.16. The molecule has 1 aliphatic rings. The van der Waals surface area contributed by atoms with E-state index in [0.717, 1.165) is 30.9 Å². The average Bonchev–Trinajstić information content (AvgIpc) is 2.81. The summed E-state index contributed by atoms with van der Waals surface area (Å²) < 4.78 is 0. The second kappa shape index (κ2) is 8.35. The van der Waals surface area contributed by atoms with Crippen LogP contribution in [0.15, 0.2) is 4.99 Å². The van der Waals surface area contributed by atoms with Gasteiger partial charge in [-0.3, -0.25) is 4.99 Å². The molecule has 0 aromatic carbocycles. The Bertz CT molecular complexity index is 250. The van der Waals surface area contributed by atoms with Crippen LogP contribution in [0.1, 0.15) is 33.6 Å². The number of likely N-dealkylation sites (tertiary alicyclic amines) is 1. The molecule has 4 nitrogen and oxygen atoms in total. The summed E-state index contributed by atoms with van der Waals surface area (Å²) in [5, 5.41) is 6.82. The van der Waals surface area contributed by atoms with Gasteiger partial charge < -0.3 is 15.5 Å². The standard InChI is InChI=1S/C14H30N4/c1-5-18-9-7-13(11-18)10-17-14(15-4)16-8-6-12(2)3/h12-13H,5-11H2,1-4H3,(H2,15,16,17). The van der Waals surface area contributed by atoms with Crippen molar-refractivity contribution in [2.75, 3.05) is 39.8 Å². The molecule has 2 N–H and O–H groups in total. The van der Waals surface area contributed by atoms with E-state index in [0.29, 0.717) is 0 Å². The fourth-order valence-electron chi connectivity index (χ4n) is 2.31. The molecular weight excluding hydrogens is 224 g/mol. The Morgan fingerprint density at radius 2 is 2.17 bits per heavy atom. The first kappa shape index (κ1) is 15.3. The molecule has 0 saturated carbocycles. The minimum absolute atomic E-state index is 0.739. The fourth-order valence-corrected chi connectivity index (χ4v) is 2.31. The van der Waals surface area contributed by atoms with Gasteiger partial charge in [0.2, 0.25) is 0 Å². The number of nitrogens with one attached hydrogen (secondary N) is 2. The zero-order valence-electron chi connectivity index (χ0n) is 12.5. The molecular formula is C14H30N4. The maximum absolute atomic E-state index is 4.27. The van der Waals surface area contributed by atoms with E-state index in [9.17, 15) is 0 Å². The summed E-state index contributed by atoms with van der Waals surface area (Å²) in [7, 11) is 1.84. The topological polar surface area (TPSA) is 39.7 Å². The van der Waals surface area contributed by atoms with Crippen LogP contribution in [-0.2, 0) is 0 Å². The van der Waals surface area contributed by atoms with Crippen molar-refractivity contribution in [3.8, 4) is 0 Å². The molecule has 0 radical (unpaired) electrons. The molecule has 1 rings (SSSR count). The highest BCUT2D eigenvalue weighted by Gasteiger charge is 2.20. The smallest absolute Gasteiger partial charge is 0.190 e. The third-order valence-electron chi connectivity index (χ3n) is 3.61. The predicted molar refractivity (Wildman–Crippen MR) is 79.0 cm³/mol. The van der Waals surface area contributed by atoms with Crippen molar-refractivity contribution < 1.29 is 0 Å². The van der Waals surface area contributed by atoms with E-state index in [2.05, 4.69) is 41.3 Å². The Balaban J connectivity index is 2.16. The van der Waals surface area contributed by atoms with Gasteiger partial charge >= 0.3 is 0 Å². The number of hydrogen-bond acceptors (Lipinski definition) is 2. The van der Waals surface area contributed by atoms with E-state index in [-0.39, 0.29) is 0 Å². The number of guanidine groups is 1. The quantitative estimate of drug-likeness (QED) is 0.558. The first-order valence-electron chi connectivity index (χ1n) is 7.32. The highest BCUT2D eigenvalue weighted by Crippen LogP contribution is 2.14. The Morgan fingerprint density at radius 1 is 1.39 bits per heavy atom. The number of hydrogen-bond donors (Lipinski definition) is 2. The van der Waals surface area contributed by atoms with Gasteiger partial charge in [0.15, 0.2) is 5.96 Å². The predicted octanol–water partition coefficient (Wildman–Crippen LogP) is 1.54. The van der Waals surface area contributed by atoms with Gasteiger partial charge in [-0.2, -0.15) is 0 Å². The molecule has 18 heavy (non-hydrogen) atoms. The van der Waals surface area contributed by atoms with Crippen LogP contribution in [0.5, 0.6) is 0 Å². The first-order chi connectivity index (χ1) is 8.65. The van der Waals surface area contributed by atoms with Crippen molar-refractivity contribution >= 4 is 5.96 Å². The summed E-state index contributed by atoms with van der Waals surface area (Å²) in [6.07, 6.45) is 2.50. The lowest BCUT2D eigenvalue weighted by atomic mass is 10.1. The van der Waals surface area contributed by atoms with Crippen molar-refractivity contribution in [2.24, 2.45) is 16.8 Å². The van der Waals surface area contributed by atoms with Gasteiger partial charge in [0, 0.05) is 26.7 Å². The van der Waals surface area contributed by atoms with Crippen molar-refractivity contribution in [3.63, 3.8) is 0 Å². The largest absolute Gasteiger partial charge is 0.356 e. The van der Waals surface area contributed by atoms with E-state index in [1.165, 1.54) is 32.5 Å². The van der Waals surface area contributed by atoms with Crippen LogP contribution in [0.25, 0.3) is 0 Å². The molecule has 1 saturated heterocycles. The van der Waals surface area contributed by atoms with Crippen molar-refractivity contribution in [1.29, 1.82) is 0 Å². The third-order valence-corrected chi connectivity index (χ3v) is 3.61. The zero-order valence-corrected chi connectivity index (χ0v) is 12.5. The van der Waals surface area contributed by atoms with Crippen molar-refractivity contribution in [1.82, 2.24) is 15.5 Å². The van der Waals surface area contributed by atoms with Crippen molar-refractivity contribution in [2.45, 2.75) is 33.6 Å². The molecule has 0 amide bonds. The molecule has 0 aromatic heterocycles. The second-order valence-electron chi connectivity index (χ2n) is 5.61. The van der Waals surface area contributed by atoms with E-state index >= 15 is 0 Å². The monoisotopic (exact) mass is 254 g/mol. The van der Waals surface area contributed by atoms with Gasteiger partial charge in [-0.15, -0.1) is 0 Å². The van der Waals surface area contributed by atoms with Gasteiger partial charge in [-0.05, 0) is 37.8 Å². The summed E-state index contributed by atoms with van der Waals surface area (Å²) >= 11 is 0. The third kappa shape index (κ3) is 5.71. The van der Waals surface area contributed by atoms with Crippen LogP contribution >= 0.6 is 0 Å². The van der Waals surface area contributed by atoms with Crippen LogP contribution in [0.4, 0.5) is 0 Å². The van der Waals surface area contributed by atoms with E-state index in [1.807, 2.05) is 7.05 Å². The molecule has 0 bridgehead atoms. The summed E-state index contributed by atoms with van der Waals surface area (Å²) in [6.45, 7) is 12.4. The number of rotatable bonds is 6. The van der Waals surface area contributed by atoms with Gasteiger partial charge in [0.05, 0.1) is 0 Å². The van der Waals surface area contributed by atoms with Crippen LogP contribution in [0.3, 0.4) is 0 Å². The summed E-state index contributed by atoms with van der Waals surface area (Å²) in [5.74, 6) is 2.46. The van der Waals surface area contributed by atoms with Crippen LogP contribution in [-0.4, -0.2) is 50.6 Å². The molecule has 4 heteroatoms. The van der Waals surface area contributed by atoms with Crippen LogP contribution < -0.4 is 10.6 Å². The molecule has 1 fully saturated rings. The molecule has 0 aromatic rings. The van der Waals surface area contributed by atoms with E-state index in [4.69, 9.17) is 0 Å². The summed E-state index contributed by atoms with van der Waals surface area (Å²) in [6, 6.07) is 0. The zero-order chi connectivity index (χ0) is 13.4. The Kier molecular flexibility index (Phi) is 7.09. The molecule has 0 spiro atoms. The van der Waals surface area contributed by atoms with Crippen LogP contribution in [0, 0.1) is 11.8 Å². The van der Waals surface area contributed by atoms with Crippen molar-refractivity contribution in [3.05, 3.63) is 0 Å². The normalized spacial score (nSPS) is 21.6. The second-order valence-corrected chi connectivity index (χ2v) is 5.61. The van der Waals surface area contributed by atoms with Crippen LogP contribution in [0.2, 0.25) is 0 Å². The molecule has 106 valence electrons. The summed E-state index contributed by atoms with van der Waals surface area (Å²) in [5.41, 5.74) is 0. The van der Waals surface area contributed by atoms with Gasteiger partial charge in [-0.1, -0.05) is 20.8 Å². The first-order valence-corrected chi connectivity index (χ1v) is 7.32. The number of nitrogens with zero attached hydrogens (tertiary/aromatic N) is 2. The van der Waals surface area contributed by atoms with Gasteiger partial charge in [-0.25, -0.2) is 0 Å². The van der Waals surface area contributed by atoms with Gasteiger partial charge in [0.25, 0.3) is 0 Å². The lowest BCUT2D eigenvalue weighted by molar-refractivity contribution is 0.341. The van der Waals surface area contributed by atoms with Gasteiger partial charge in [0.1, 0.15) is 0 Å². The van der Waals surface area contributed by atoms with E-state index < -0.39 is 0 Å². The fraction of sp³-hybridized carbons (Fsp3) is 0.929. The Labute approximate surface area is 112 Å². The van der Waals surface area contributed by atoms with E-state index in [1.54, 1.807) is 0 Å². The molecule has 1 atom stereocenters. The molecule has 0 aliphatic carbocycles. The Hall–Kier alpha value is -0.770. The Morgan fingerprint density at radius 3 is 2.72 bits per heavy atom. The summed E-state index contributed by atoms with van der Waals surface area (Å²) in [4.78, 5) is 6.78. The maximum Gasteiger partial charge on any atom is 0.190 e. The molecule has 1 aliphatic heterocycles. The maximum atomic E-state index is 4.27. The lowest BCUT2D eigenvalue weighted by Crippen LogP contribution is -2.40. The SMILES string of the molecule is CCN1CCC(CNC(=NC)NCCC(C)C)C1. The minimum Gasteiger partial charge on any atom is -0.356 e. The highest BCUT2D eigenvalue weighted by atomic mass is 15.2. The molecule has 1 unspecified atom stereocenters.